The second-order valence-corrected chi connectivity index (χ2v) is 4.80. The minimum Gasteiger partial charge on any atom is -0.378 e. The van der Waals surface area contributed by atoms with Crippen LogP contribution in [0, 0.1) is 0 Å². The third-order valence-corrected chi connectivity index (χ3v) is 3.31. The maximum atomic E-state index is 12.3. The van der Waals surface area contributed by atoms with Crippen molar-refractivity contribution in [3.8, 4) is 0 Å². The maximum absolute atomic E-state index is 12.3. The summed E-state index contributed by atoms with van der Waals surface area (Å²) in [6, 6.07) is -0.174. The highest BCUT2D eigenvalue weighted by Crippen LogP contribution is 2.15. The van der Waals surface area contributed by atoms with Gasteiger partial charge in [0.05, 0.1) is 25.4 Å². The first-order valence-corrected chi connectivity index (χ1v) is 6.46. The molecule has 0 saturated carbocycles. The topological polar surface area (TPSA) is 50.8 Å². The van der Waals surface area contributed by atoms with E-state index in [-0.39, 0.29) is 24.2 Å². The summed E-state index contributed by atoms with van der Waals surface area (Å²) in [4.78, 5) is 14.2. The number of carbonyl (C=O) groups is 1. The van der Waals surface area contributed by atoms with Crippen LogP contribution in [-0.2, 0) is 14.3 Å². The third kappa shape index (κ3) is 3.18. The fraction of sp³-hybridized carbons (Fsp3) is 0.917. The molecule has 0 radical (unpaired) electrons. The van der Waals surface area contributed by atoms with Gasteiger partial charge in [0.2, 0.25) is 5.91 Å². The zero-order valence-corrected chi connectivity index (χ0v) is 10.6. The number of hydrogen-bond donors (Lipinski definition) is 1. The van der Waals surface area contributed by atoms with Crippen LogP contribution in [0.4, 0.5) is 0 Å². The normalized spacial score (nSPS) is 34.7. The molecular weight excluding hydrogens is 220 g/mol. The number of morpholine rings is 2. The average molecular weight is 242 g/mol. The highest BCUT2D eigenvalue weighted by atomic mass is 16.5. The lowest BCUT2D eigenvalue weighted by Crippen LogP contribution is -2.57. The van der Waals surface area contributed by atoms with E-state index in [0.717, 1.165) is 13.0 Å². The molecule has 98 valence electrons. The van der Waals surface area contributed by atoms with Gasteiger partial charge in [0.25, 0.3) is 0 Å². The van der Waals surface area contributed by atoms with E-state index < -0.39 is 0 Å². The molecule has 1 amide bonds. The van der Waals surface area contributed by atoms with Crippen LogP contribution in [0.1, 0.15) is 20.3 Å². The van der Waals surface area contributed by atoms with Crippen LogP contribution in [0.25, 0.3) is 0 Å². The number of ether oxygens (including phenoxy) is 2. The molecule has 5 nitrogen and oxygen atoms in total. The lowest BCUT2D eigenvalue weighted by atomic mass is 10.1. The molecule has 17 heavy (non-hydrogen) atoms. The first kappa shape index (κ1) is 12.8. The largest absolute Gasteiger partial charge is 0.378 e. The molecule has 2 fully saturated rings. The molecule has 0 unspecified atom stereocenters. The van der Waals surface area contributed by atoms with Crippen LogP contribution in [0.5, 0.6) is 0 Å². The summed E-state index contributed by atoms with van der Waals surface area (Å²) >= 11 is 0. The van der Waals surface area contributed by atoms with Crippen LogP contribution < -0.4 is 5.32 Å². The van der Waals surface area contributed by atoms with E-state index >= 15 is 0 Å². The van der Waals surface area contributed by atoms with E-state index in [0.29, 0.717) is 26.3 Å². The third-order valence-electron chi connectivity index (χ3n) is 3.31. The average Bonchev–Trinajstić information content (AvgIpc) is 2.38. The molecular formula is C12H22N2O3. The van der Waals surface area contributed by atoms with Gasteiger partial charge in [0, 0.05) is 19.6 Å². The van der Waals surface area contributed by atoms with Crippen molar-refractivity contribution in [1.82, 2.24) is 10.2 Å². The van der Waals surface area contributed by atoms with Crippen molar-refractivity contribution in [3.05, 3.63) is 0 Å². The molecule has 2 heterocycles. The molecule has 2 aliphatic heterocycles. The zero-order valence-electron chi connectivity index (χ0n) is 10.6. The Bertz CT molecular complexity index is 266. The van der Waals surface area contributed by atoms with Gasteiger partial charge in [-0.3, -0.25) is 4.79 Å². The predicted octanol–water partition coefficient (Wildman–Crippen LogP) is 0.000700. The van der Waals surface area contributed by atoms with Crippen molar-refractivity contribution >= 4 is 5.91 Å². The summed E-state index contributed by atoms with van der Waals surface area (Å²) in [5.41, 5.74) is 0. The standard InChI is InChI=1S/C12H22N2O3/c1-3-10-7-14(6-9(2)17-10)12(15)11-8-16-5-4-13-11/h9-11,13H,3-8H2,1-2H3/t9-,10-,11-/m1/s1. The molecule has 2 rings (SSSR count). The fourth-order valence-electron chi connectivity index (χ4n) is 2.39. The summed E-state index contributed by atoms with van der Waals surface area (Å²) in [5, 5.41) is 3.21. The molecule has 0 aliphatic carbocycles. The number of nitrogens with zero attached hydrogens (tertiary/aromatic N) is 1. The molecule has 2 saturated heterocycles. The van der Waals surface area contributed by atoms with Crippen molar-refractivity contribution in [1.29, 1.82) is 0 Å². The van der Waals surface area contributed by atoms with Gasteiger partial charge in [0.15, 0.2) is 0 Å². The number of amides is 1. The highest BCUT2D eigenvalue weighted by Gasteiger charge is 2.32. The van der Waals surface area contributed by atoms with E-state index in [2.05, 4.69) is 12.2 Å². The molecule has 2 aliphatic rings. The Morgan fingerprint density at radius 2 is 2.29 bits per heavy atom. The fourth-order valence-corrected chi connectivity index (χ4v) is 2.39. The summed E-state index contributed by atoms with van der Waals surface area (Å²) < 4.78 is 11.1. The number of carbonyl (C=O) groups excluding carboxylic acids is 1. The van der Waals surface area contributed by atoms with Crippen LogP contribution in [0.2, 0.25) is 0 Å². The second-order valence-electron chi connectivity index (χ2n) is 4.80. The Morgan fingerprint density at radius 1 is 1.47 bits per heavy atom. The van der Waals surface area contributed by atoms with Crippen LogP contribution in [-0.4, -0.2) is 61.9 Å². The highest BCUT2D eigenvalue weighted by molar-refractivity contribution is 5.82. The van der Waals surface area contributed by atoms with Gasteiger partial charge in [-0.1, -0.05) is 6.92 Å². The first-order chi connectivity index (χ1) is 8.20. The zero-order chi connectivity index (χ0) is 12.3. The quantitative estimate of drug-likeness (QED) is 0.740. The van der Waals surface area contributed by atoms with E-state index in [1.54, 1.807) is 0 Å². The lowest BCUT2D eigenvalue weighted by molar-refractivity contribution is -0.149. The molecule has 0 aromatic carbocycles. The predicted molar refractivity (Wildman–Crippen MR) is 63.8 cm³/mol. The van der Waals surface area contributed by atoms with Gasteiger partial charge < -0.3 is 19.7 Å². The van der Waals surface area contributed by atoms with Crippen LogP contribution in [0.3, 0.4) is 0 Å². The molecule has 0 aromatic heterocycles. The van der Waals surface area contributed by atoms with Gasteiger partial charge in [-0.2, -0.15) is 0 Å². The summed E-state index contributed by atoms with van der Waals surface area (Å²) in [5.74, 6) is 0.151. The molecule has 0 spiro atoms. The summed E-state index contributed by atoms with van der Waals surface area (Å²) in [6.07, 6.45) is 1.25. The van der Waals surface area contributed by atoms with Gasteiger partial charge in [0.1, 0.15) is 6.04 Å². The lowest BCUT2D eigenvalue weighted by Gasteiger charge is -2.38. The Labute approximate surface area is 102 Å². The maximum Gasteiger partial charge on any atom is 0.242 e. The molecule has 1 N–H and O–H groups in total. The van der Waals surface area contributed by atoms with Gasteiger partial charge in [-0.25, -0.2) is 0 Å². The van der Waals surface area contributed by atoms with E-state index in [9.17, 15) is 4.79 Å². The number of rotatable bonds is 2. The van der Waals surface area contributed by atoms with Crippen molar-refractivity contribution in [2.24, 2.45) is 0 Å². The van der Waals surface area contributed by atoms with E-state index in [1.165, 1.54) is 0 Å². The number of nitrogens with one attached hydrogen (secondary N) is 1. The second kappa shape index (κ2) is 5.80. The smallest absolute Gasteiger partial charge is 0.242 e. The summed E-state index contributed by atoms with van der Waals surface area (Å²) in [6.45, 7) is 7.45. The minimum absolute atomic E-state index is 0.127. The first-order valence-electron chi connectivity index (χ1n) is 6.46. The van der Waals surface area contributed by atoms with Crippen molar-refractivity contribution in [2.45, 2.75) is 38.5 Å². The monoisotopic (exact) mass is 242 g/mol. The van der Waals surface area contributed by atoms with Gasteiger partial charge >= 0.3 is 0 Å². The Hall–Kier alpha value is -0.650. The molecule has 3 atom stereocenters. The summed E-state index contributed by atoms with van der Waals surface area (Å²) in [7, 11) is 0. The van der Waals surface area contributed by atoms with Gasteiger partial charge in [-0.05, 0) is 13.3 Å². The minimum atomic E-state index is -0.174. The molecule has 0 bridgehead atoms. The van der Waals surface area contributed by atoms with Crippen molar-refractivity contribution in [3.63, 3.8) is 0 Å². The Balaban J connectivity index is 1.93. The van der Waals surface area contributed by atoms with Crippen molar-refractivity contribution < 1.29 is 14.3 Å². The van der Waals surface area contributed by atoms with E-state index in [1.807, 2.05) is 11.8 Å². The Morgan fingerprint density at radius 3 is 2.94 bits per heavy atom. The molecule has 0 aromatic rings. The SMILES string of the molecule is CC[C@@H]1CN(C(=O)[C@H]2COCCN2)C[C@@H](C)O1. The van der Waals surface area contributed by atoms with Crippen LogP contribution in [0.15, 0.2) is 0 Å². The Kier molecular flexibility index (Phi) is 4.36. The van der Waals surface area contributed by atoms with E-state index in [4.69, 9.17) is 9.47 Å². The van der Waals surface area contributed by atoms with Crippen molar-refractivity contribution in [2.75, 3.05) is 32.8 Å². The van der Waals surface area contributed by atoms with Crippen LogP contribution >= 0.6 is 0 Å². The van der Waals surface area contributed by atoms with Gasteiger partial charge in [-0.15, -0.1) is 0 Å². The molecule has 5 heteroatoms. The number of hydrogen-bond acceptors (Lipinski definition) is 4.